The van der Waals surface area contributed by atoms with Gasteiger partial charge in [0.2, 0.25) is 0 Å². The van der Waals surface area contributed by atoms with Crippen LogP contribution in [0.3, 0.4) is 0 Å². The largest absolute Gasteiger partial charge is 0.381 e. The molecular weight excluding hydrogens is 554 g/mol. The zero-order valence-corrected chi connectivity index (χ0v) is 23.5. The maximum Gasteiger partial charge on any atom is 0.283 e. The predicted octanol–water partition coefficient (Wildman–Crippen LogP) is 3.15. The lowest BCUT2D eigenvalue weighted by Crippen LogP contribution is -2.37. The Balaban J connectivity index is 1.49. The molecule has 210 valence electrons. The number of fused-ring (bicyclic) bond motifs is 1. The molecule has 3 aliphatic rings. The number of rotatable bonds is 7. The number of methoxy groups -OCH3 is 1. The second kappa shape index (κ2) is 10.1. The molecule has 1 N–H and O–H groups in total. The highest BCUT2D eigenvalue weighted by molar-refractivity contribution is 8.00. The van der Waals surface area contributed by atoms with Crippen LogP contribution in [0.5, 0.6) is 0 Å². The van der Waals surface area contributed by atoms with Crippen LogP contribution in [0.2, 0.25) is 0 Å². The van der Waals surface area contributed by atoms with Gasteiger partial charge >= 0.3 is 0 Å². The molecule has 4 heterocycles. The summed E-state index contributed by atoms with van der Waals surface area (Å²) in [6.07, 6.45) is 5.83. The highest BCUT2D eigenvalue weighted by Crippen LogP contribution is 2.43. The van der Waals surface area contributed by atoms with Crippen molar-refractivity contribution in [2.75, 3.05) is 25.1 Å². The van der Waals surface area contributed by atoms with E-state index >= 15 is 0 Å². The molecule has 0 spiro atoms. The van der Waals surface area contributed by atoms with Crippen molar-refractivity contribution in [3.8, 4) is 5.69 Å². The van der Waals surface area contributed by atoms with Crippen molar-refractivity contribution >= 4 is 42.5 Å². The van der Waals surface area contributed by atoms with Gasteiger partial charge in [0.05, 0.1) is 38.9 Å². The summed E-state index contributed by atoms with van der Waals surface area (Å²) in [4.78, 5) is 19.7. The van der Waals surface area contributed by atoms with Gasteiger partial charge in [0, 0.05) is 31.5 Å². The first-order valence-corrected chi connectivity index (χ1v) is 16.2. The van der Waals surface area contributed by atoms with Gasteiger partial charge < -0.3 is 9.64 Å². The molecule has 2 aliphatic heterocycles. The first-order valence-electron chi connectivity index (χ1n) is 13.1. The van der Waals surface area contributed by atoms with E-state index in [0.29, 0.717) is 24.1 Å². The highest BCUT2D eigenvalue weighted by atomic mass is 32.2. The Bertz CT molecular complexity index is 1750. The number of anilines is 1. The molecule has 3 aromatic rings. The molecule has 1 amide bonds. The van der Waals surface area contributed by atoms with Crippen LogP contribution in [0.25, 0.3) is 16.7 Å². The van der Waals surface area contributed by atoms with Crippen molar-refractivity contribution < 1.29 is 26.4 Å². The summed E-state index contributed by atoms with van der Waals surface area (Å²) in [7, 11) is -6.53. The molecule has 1 aromatic carbocycles. The number of hydrogen-bond donors (Lipinski definition) is 1. The van der Waals surface area contributed by atoms with E-state index in [4.69, 9.17) is 9.84 Å². The average molecular weight is 584 g/mol. The zero-order chi connectivity index (χ0) is 28.1. The van der Waals surface area contributed by atoms with Gasteiger partial charge in [0.1, 0.15) is 5.69 Å². The van der Waals surface area contributed by atoms with E-state index in [9.17, 15) is 21.6 Å². The molecule has 1 aliphatic carbocycles. The first-order chi connectivity index (χ1) is 19.1. The van der Waals surface area contributed by atoms with Crippen LogP contribution in [0.1, 0.15) is 54.2 Å². The number of allylic oxidation sites excluding steroid dienone is 1. The summed E-state index contributed by atoms with van der Waals surface area (Å²) in [6.45, 7) is 1.38. The van der Waals surface area contributed by atoms with E-state index < -0.39 is 30.7 Å². The molecule has 6 rings (SSSR count). The lowest BCUT2D eigenvalue weighted by atomic mass is 9.82. The van der Waals surface area contributed by atoms with Gasteiger partial charge in [-0.1, -0.05) is 24.6 Å². The quantitative estimate of drug-likeness (QED) is 0.444. The Morgan fingerprint density at radius 1 is 1.10 bits per heavy atom. The lowest BCUT2D eigenvalue weighted by molar-refractivity contribution is 0.0819. The molecule has 0 bridgehead atoms. The van der Waals surface area contributed by atoms with Crippen molar-refractivity contribution in [2.24, 2.45) is 0 Å². The third kappa shape index (κ3) is 4.93. The fraction of sp³-hybridized carbons (Fsp3) is 0.370. The topological polar surface area (TPSA) is 141 Å². The van der Waals surface area contributed by atoms with E-state index in [2.05, 4.69) is 9.88 Å². The predicted molar refractivity (Wildman–Crippen MR) is 150 cm³/mol. The maximum atomic E-state index is 13.4. The van der Waals surface area contributed by atoms with E-state index in [1.165, 1.54) is 0 Å². The molecular formula is C27H29N5O6S2. The van der Waals surface area contributed by atoms with E-state index in [1.807, 2.05) is 35.1 Å². The van der Waals surface area contributed by atoms with Crippen molar-refractivity contribution in [3.05, 3.63) is 69.6 Å². The summed E-state index contributed by atoms with van der Waals surface area (Å²) in [5.41, 5.74) is 2.82. The van der Waals surface area contributed by atoms with Gasteiger partial charge in [-0.25, -0.2) is 31.2 Å². The van der Waals surface area contributed by atoms with Crippen LogP contribution >= 0.6 is 0 Å². The lowest BCUT2D eigenvalue weighted by Gasteiger charge is -2.34. The Labute approximate surface area is 232 Å². The number of pyridine rings is 1. The highest BCUT2D eigenvalue weighted by Gasteiger charge is 2.32. The van der Waals surface area contributed by atoms with E-state index in [0.717, 1.165) is 66.0 Å². The van der Waals surface area contributed by atoms with Crippen molar-refractivity contribution in [2.45, 2.75) is 44.1 Å². The second-order valence-corrected chi connectivity index (χ2v) is 13.6. The van der Waals surface area contributed by atoms with Crippen molar-refractivity contribution in [1.82, 2.24) is 19.5 Å². The van der Waals surface area contributed by atoms with Gasteiger partial charge in [-0.3, -0.25) is 4.79 Å². The number of para-hydroxylation sites is 1. The minimum atomic E-state index is -4.44. The van der Waals surface area contributed by atoms with Gasteiger partial charge in [0.15, 0.2) is 15.5 Å². The maximum absolute atomic E-state index is 13.4. The number of hydrogen-bond acceptors (Lipinski definition) is 9. The third-order valence-corrected chi connectivity index (χ3v) is 10.3. The fourth-order valence-corrected chi connectivity index (χ4v) is 7.85. The summed E-state index contributed by atoms with van der Waals surface area (Å²) in [5, 5.41) is 7.24. The van der Waals surface area contributed by atoms with Crippen LogP contribution in [0, 0.1) is 0 Å². The minimum Gasteiger partial charge on any atom is -0.381 e. The number of sulfone groups is 1. The Morgan fingerprint density at radius 2 is 1.82 bits per heavy atom. The average Bonchev–Trinajstić information content (AvgIpc) is 3.48. The molecule has 0 unspecified atom stereocenters. The summed E-state index contributed by atoms with van der Waals surface area (Å²) in [5.74, 6) is -0.688. The molecule has 40 heavy (non-hydrogen) atoms. The number of carbonyl (C=O) groups is 1. The molecule has 1 saturated heterocycles. The number of piperidine rings is 1. The molecule has 11 nitrogen and oxygen atoms in total. The Hall–Kier alpha value is -3.55. The van der Waals surface area contributed by atoms with Crippen LogP contribution in [-0.4, -0.2) is 63.8 Å². The number of amides is 1. The van der Waals surface area contributed by atoms with Crippen molar-refractivity contribution in [1.29, 1.82) is 0 Å². The number of ether oxygens (including phenoxy) is 1. The van der Waals surface area contributed by atoms with Crippen LogP contribution in [0.15, 0.2) is 58.2 Å². The second-order valence-electron chi connectivity index (χ2n) is 10.3. The Kier molecular flexibility index (Phi) is 6.75. The monoisotopic (exact) mass is 583 g/mol. The van der Waals surface area contributed by atoms with E-state index in [1.54, 1.807) is 17.9 Å². The molecule has 2 aromatic heterocycles. The standard InChI is InChI=1S/C27H29N5O6S2/c1-38-20-10-13-31(14-11-20)23-16-22(27(33)30-40(36,37)21-12-15-39(34,35)17-21)28-26-24(23)25(18-6-5-7-18)29-32(26)19-8-3-2-4-9-19/h2-4,8-9,12,15-18,20H,5-7,10-11,13-14H2,1H3,(H,30,33). The van der Waals surface area contributed by atoms with Crippen LogP contribution in [-0.2, 0) is 24.6 Å². The van der Waals surface area contributed by atoms with Gasteiger partial charge in [-0.2, -0.15) is 5.10 Å². The molecule has 0 radical (unpaired) electrons. The normalized spacial score (nSPS) is 19.5. The SMILES string of the molecule is COC1CCN(c2cc(C(=O)NS(=O)(=O)C3=CS(=O)(=O)C=C3)nc3c2c(C2CCC2)nn3-c2ccccc2)CC1. The smallest absolute Gasteiger partial charge is 0.283 e. The summed E-state index contributed by atoms with van der Waals surface area (Å²) < 4.78 is 58.5. The number of nitrogens with zero attached hydrogens (tertiary/aromatic N) is 4. The van der Waals surface area contributed by atoms with Gasteiger partial charge in [0.25, 0.3) is 15.9 Å². The van der Waals surface area contributed by atoms with Gasteiger partial charge in [-0.05, 0) is 50.0 Å². The molecule has 1 saturated carbocycles. The molecule has 13 heteroatoms. The third-order valence-electron chi connectivity index (χ3n) is 7.73. The Morgan fingerprint density at radius 3 is 2.42 bits per heavy atom. The number of nitrogens with one attached hydrogen (secondary N) is 1. The number of carbonyl (C=O) groups excluding carboxylic acids is 1. The fourth-order valence-electron chi connectivity index (χ4n) is 5.33. The summed E-state index contributed by atoms with van der Waals surface area (Å²) >= 11 is 0. The molecule has 0 atom stereocenters. The number of sulfonamides is 1. The van der Waals surface area contributed by atoms with Crippen molar-refractivity contribution in [3.63, 3.8) is 0 Å². The number of benzene rings is 1. The number of aromatic nitrogens is 3. The zero-order valence-electron chi connectivity index (χ0n) is 21.9. The first kappa shape index (κ1) is 26.7. The van der Waals surface area contributed by atoms with Gasteiger partial charge in [-0.15, -0.1) is 0 Å². The molecule has 2 fully saturated rings. The summed E-state index contributed by atoms with van der Waals surface area (Å²) in [6, 6.07) is 11.1. The van der Waals surface area contributed by atoms with Crippen LogP contribution in [0.4, 0.5) is 5.69 Å². The van der Waals surface area contributed by atoms with Crippen LogP contribution < -0.4 is 9.62 Å². The minimum absolute atomic E-state index is 0.109. The van der Waals surface area contributed by atoms with E-state index in [-0.39, 0.29) is 17.7 Å².